The molecule has 98 valence electrons. The molecule has 2 rings (SSSR count). The van der Waals surface area contributed by atoms with Crippen molar-refractivity contribution < 1.29 is 8.42 Å². The summed E-state index contributed by atoms with van der Waals surface area (Å²) in [4.78, 5) is 0. The van der Waals surface area contributed by atoms with Crippen molar-refractivity contribution in [3.8, 4) is 0 Å². The zero-order valence-electron chi connectivity index (χ0n) is 11.0. The largest absolute Gasteiger partial charge is 0.285 e. The molecule has 0 fully saturated rings. The Morgan fingerprint density at radius 3 is 2.50 bits per heavy atom. The number of aromatic nitrogens is 3. The first-order valence-electron chi connectivity index (χ1n) is 5.69. The summed E-state index contributed by atoms with van der Waals surface area (Å²) >= 11 is 0. The van der Waals surface area contributed by atoms with Gasteiger partial charge in [-0.3, -0.25) is 4.40 Å². The number of nitrogens with zero attached hydrogens (tertiary/aromatic N) is 3. The molecule has 2 heterocycles. The highest BCUT2D eigenvalue weighted by molar-refractivity contribution is 7.89. The first kappa shape index (κ1) is 13.0. The lowest BCUT2D eigenvalue weighted by Gasteiger charge is -2.19. The number of sulfone groups is 1. The molecule has 0 atom stereocenters. The molecule has 0 unspecified atom stereocenters. The average Bonchev–Trinajstić information content (AvgIpc) is 2.57. The third-order valence-electron chi connectivity index (χ3n) is 2.70. The first-order valence-corrected chi connectivity index (χ1v) is 7.75. The minimum atomic E-state index is -3.11. The first-order chi connectivity index (χ1) is 8.18. The Morgan fingerprint density at radius 1 is 1.28 bits per heavy atom. The molecule has 0 bridgehead atoms. The van der Waals surface area contributed by atoms with Crippen LogP contribution in [0.2, 0.25) is 0 Å². The fourth-order valence-electron chi connectivity index (χ4n) is 1.88. The highest BCUT2D eigenvalue weighted by atomic mass is 32.2. The lowest BCUT2D eigenvalue weighted by Crippen LogP contribution is -2.13. The van der Waals surface area contributed by atoms with Crippen molar-refractivity contribution >= 4 is 15.5 Å². The van der Waals surface area contributed by atoms with E-state index in [0.717, 1.165) is 11.2 Å². The summed E-state index contributed by atoms with van der Waals surface area (Å²) in [6.07, 6.45) is 2.99. The van der Waals surface area contributed by atoms with Gasteiger partial charge in [0, 0.05) is 18.0 Å². The topological polar surface area (TPSA) is 64.3 Å². The molecule has 0 aliphatic heterocycles. The van der Waals surface area contributed by atoms with Gasteiger partial charge in [-0.05, 0) is 11.5 Å². The SMILES string of the molecule is CC(C)(C)c1cccn2c(CS(C)(=O)=O)nnc12. The van der Waals surface area contributed by atoms with E-state index in [9.17, 15) is 8.42 Å². The normalized spacial score (nSPS) is 13.1. The van der Waals surface area contributed by atoms with Gasteiger partial charge in [0.25, 0.3) is 0 Å². The van der Waals surface area contributed by atoms with Gasteiger partial charge in [0.15, 0.2) is 21.3 Å². The Hall–Kier alpha value is -1.43. The smallest absolute Gasteiger partial charge is 0.164 e. The highest BCUT2D eigenvalue weighted by Gasteiger charge is 2.20. The van der Waals surface area contributed by atoms with Crippen LogP contribution in [0.15, 0.2) is 18.3 Å². The maximum Gasteiger partial charge on any atom is 0.164 e. The van der Waals surface area contributed by atoms with E-state index in [-0.39, 0.29) is 11.2 Å². The van der Waals surface area contributed by atoms with Crippen LogP contribution in [0.5, 0.6) is 0 Å². The van der Waals surface area contributed by atoms with Gasteiger partial charge >= 0.3 is 0 Å². The van der Waals surface area contributed by atoms with E-state index < -0.39 is 9.84 Å². The van der Waals surface area contributed by atoms with E-state index in [1.165, 1.54) is 6.26 Å². The summed E-state index contributed by atoms with van der Waals surface area (Å²) in [6.45, 7) is 6.27. The second-order valence-corrected chi connectivity index (χ2v) is 7.69. The van der Waals surface area contributed by atoms with E-state index in [2.05, 4.69) is 31.0 Å². The van der Waals surface area contributed by atoms with Gasteiger partial charge in [0.2, 0.25) is 0 Å². The Balaban J connectivity index is 2.63. The van der Waals surface area contributed by atoms with Gasteiger partial charge in [0.1, 0.15) is 5.75 Å². The molecule has 18 heavy (non-hydrogen) atoms. The van der Waals surface area contributed by atoms with Crippen molar-refractivity contribution in [1.82, 2.24) is 14.6 Å². The number of rotatable bonds is 2. The Labute approximate surface area is 107 Å². The molecule has 0 amide bonds. The van der Waals surface area contributed by atoms with Gasteiger partial charge in [-0.15, -0.1) is 10.2 Å². The summed E-state index contributed by atoms with van der Waals surface area (Å²) < 4.78 is 24.4. The summed E-state index contributed by atoms with van der Waals surface area (Å²) in [5.74, 6) is 0.362. The van der Waals surface area contributed by atoms with E-state index >= 15 is 0 Å². The lowest BCUT2D eigenvalue weighted by molar-refractivity contribution is 0.591. The van der Waals surface area contributed by atoms with Crippen LogP contribution in [0.1, 0.15) is 32.2 Å². The van der Waals surface area contributed by atoms with E-state index in [4.69, 9.17) is 0 Å². The molecule has 0 aliphatic carbocycles. The van der Waals surface area contributed by atoms with Crippen molar-refractivity contribution in [2.24, 2.45) is 0 Å². The van der Waals surface area contributed by atoms with E-state index in [1.54, 1.807) is 10.6 Å². The Bertz CT molecular complexity index is 681. The molecule has 0 N–H and O–H groups in total. The van der Waals surface area contributed by atoms with Gasteiger partial charge in [0.05, 0.1) is 0 Å². The quantitative estimate of drug-likeness (QED) is 0.828. The molecule has 5 nitrogen and oxygen atoms in total. The predicted octanol–water partition coefficient (Wildman–Crippen LogP) is 1.57. The maximum absolute atomic E-state index is 11.3. The molecule has 0 saturated carbocycles. The molecule has 0 aliphatic rings. The summed E-state index contributed by atoms with van der Waals surface area (Å²) in [5, 5.41) is 8.11. The average molecular weight is 267 g/mol. The second kappa shape index (κ2) is 4.05. The number of fused-ring (bicyclic) bond motifs is 1. The van der Waals surface area contributed by atoms with Crippen molar-refractivity contribution in [1.29, 1.82) is 0 Å². The molecular weight excluding hydrogens is 250 g/mol. The molecule has 0 radical (unpaired) electrons. The van der Waals surface area contributed by atoms with E-state index in [1.807, 2.05) is 12.1 Å². The predicted molar refractivity (Wildman–Crippen MR) is 70.2 cm³/mol. The van der Waals surface area contributed by atoms with Crippen LogP contribution < -0.4 is 0 Å². The summed E-state index contributed by atoms with van der Waals surface area (Å²) in [5.41, 5.74) is 1.72. The van der Waals surface area contributed by atoms with Crippen LogP contribution in [0, 0.1) is 0 Å². The third kappa shape index (κ3) is 2.53. The number of pyridine rings is 1. The van der Waals surface area contributed by atoms with E-state index in [0.29, 0.717) is 5.82 Å². The van der Waals surface area contributed by atoms with Crippen LogP contribution in [0.4, 0.5) is 0 Å². The molecule has 0 aromatic carbocycles. The maximum atomic E-state index is 11.3. The standard InChI is InChI=1S/C12H17N3O2S/c1-12(2,3)9-6-5-7-15-10(8-18(4,16)17)13-14-11(9)15/h5-7H,8H2,1-4H3. The number of hydrogen-bond acceptors (Lipinski definition) is 4. The summed E-state index contributed by atoms with van der Waals surface area (Å²) in [6, 6.07) is 3.89. The fraction of sp³-hybridized carbons (Fsp3) is 0.500. The molecule has 0 saturated heterocycles. The fourth-order valence-corrected chi connectivity index (χ4v) is 2.55. The molecular formula is C12H17N3O2S. The van der Waals surface area contributed by atoms with Gasteiger partial charge in [-0.2, -0.15) is 0 Å². The molecule has 6 heteroatoms. The minimum absolute atomic E-state index is 0.0576. The Kier molecular flexibility index (Phi) is 2.93. The van der Waals surface area contributed by atoms with Crippen LogP contribution in [-0.4, -0.2) is 29.3 Å². The highest BCUT2D eigenvalue weighted by Crippen LogP contribution is 2.25. The zero-order chi connectivity index (χ0) is 13.6. The summed E-state index contributed by atoms with van der Waals surface area (Å²) in [7, 11) is -3.11. The second-order valence-electron chi connectivity index (χ2n) is 5.55. The number of hydrogen-bond donors (Lipinski definition) is 0. The van der Waals surface area contributed by atoms with Crippen LogP contribution in [0.25, 0.3) is 5.65 Å². The zero-order valence-corrected chi connectivity index (χ0v) is 11.8. The molecule has 0 spiro atoms. The third-order valence-corrected chi connectivity index (χ3v) is 3.49. The van der Waals surface area contributed by atoms with Crippen LogP contribution in [0.3, 0.4) is 0 Å². The van der Waals surface area contributed by atoms with Crippen molar-refractivity contribution in [3.05, 3.63) is 29.7 Å². The van der Waals surface area contributed by atoms with Gasteiger partial charge in [-0.1, -0.05) is 26.8 Å². The molecule has 2 aromatic heterocycles. The Morgan fingerprint density at radius 2 is 1.94 bits per heavy atom. The monoisotopic (exact) mass is 267 g/mol. The van der Waals surface area contributed by atoms with Crippen LogP contribution in [-0.2, 0) is 21.0 Å². The van der Waals surface area contributed by atoms with Crippen molar-refractivity contribution in [3.63, 3.8) is 0 Å². The van der Waals surface area contributed by atoms with Crippen LogP contribution >= 0.6 is 0 Å². The van der Waals surface area contributed by atoms with Crippen molar-refractivity contribution in [2.45, 2.75) is 31.9 Å². The molecule has 2 aromatic rings. The minimum Gasteiger partial charge on any atom is -0.285 e. The van der Waals surface area contributed by atoms with Gasteiger partial charge in [-0.25, -0.2) is 8.42 Å². The van der Waals surface area contributed by atoms with Gasteiger partial charge < -0.3 is 0 Å². The lowest BCUT2D eigenvalue weighted by atomic mass is 9.88. The van der Waals surface area contributed by atoms with Crippen molar-refractivity contribution in [2.75, 3.05) is 6.26 Å².